The van der Waals surface area contributed by atoms with Gasteiger partial charge in [-0.15, -0.1) is 0 Å². The molecule has 24 heavy (non-hydrogen) atoms. The fourth-order valence-electron chi connectivity index (χ4n) is 4.10. The molecule has 1 saturated heterocycles. The molecule has 3 atom stereocenters. The third-order valence-electron chi connectivity index (χ3n) is 5.40. The van der Waals surface area contributed by atoms with Gasteiger partial charge in [0.1, 0.15) is 0 Å². The van der Waals surface area contributed by atoms with Crippen LogP contribution in [0.25, 0.3) is 0 Å². The van der Waals surface area contributed by atoms with Gasteiger partial charge in [0.15, 0.2) is 0 Å². The SMILES string of the molecule is C[C@]1(c2ccccc2)C[C@H](c2ccccc2)N[C@@H]1c1ccccc1. The van der Waals surface area contributed by atoms with E-state index in [1.165, 1.54) is 16.7 Å². The maximum absolute atomic E-state index is 3.91. The Hall–Kier alpha value is -2.38. The summed E-state index contributed by atoms with van der Waals surface area (Å²) in [6.45, 7) is 2.40. The average Bonchev–Trinajstić information content (AvgIpc) is 3.03. The van der Waals surface area contributed by atoms with E-state index in [1.54, 1.807) is 0 Å². The van der Waals surface area contributed by atoms with Crippen molar-refractivity contribution in [2.75, 3.05) is 0 Å². The Balaban J connectivity index is 1.77. The lowest BCUT2D eigenvalue weighted by Gasteiger charge is -2.32. The minimum atomic E-state index is 0.0725. The summed E-state index contributed by atoms with van der Waals surface area (Å²) in [4.78, 5) is 0. The first kappa shape index (κ1) is 15.2. The monoisotopic (exact) mass is 313 g/mol. The molecule has 1 aliphatic heterocycles. The van der Waals surface area contributed by atoms with E-state index in [4.69, 9.17) is 0 Å². The first-order valence-electron chi connectivity index (χ1n) is 8.69. The summed E-state index contributed by atoms with van der Waals surface area (Å²) in [6, 6.07) is 33.3. The minimum Gasteiger partial charge on any atom is -0.302 e. The number of hydrogen-bond donors (Lipinski definition) is 1. The van der Waals surface area contributed by atoms with E-state index in [0.29, 0.717) is 12.1 Å². The van der Waals surface area contributed by atoms with Gasteiger partial charge >= 0.3 is 0 Å². The summed E-state index contributed by atoms with van der Waals surface area (Å²) in [5, 5.41) is 3.91. The summed E-state index contributed by atoms with van der Waals surface area (Å²) >= 11 is 0. The molecule has 1 fully saturated rings. The van der Waals surface area contributed by atoms with Gasteiger partial charge in [0.05, 0.1) is 0 Å². The van der Waals surface area contributed by atoms with E-state index >= 15 is 0 Å². The average molecular weight is 313 g/mol. The molecule has 3 aromatic carbocycles. The van der Waals surface area contributed by atoms with Crippen LogP contribution in [0.1, 0.15) is 42.1 Å². The van der Waals surface area contributed by atoms with Gasteiger partial charge in [0, 0.05) is 17.5 Å². The molecule has 1 nitrogen and oxygen atoms in total. The van der Waals surface area contributed by atoms with Crippen LogP contribution in [-0.2, 0) is 5.41 Å². The quantitative estimate of drug-likeness (QED) is 0.681. The van der Waals surface area contributed by atoms with Gasteiger partial charge in [-0.25, -0.2) is 0 Å². The Morgan fingerprint density at radius 2 is 1.21 bits per heavy atom. The van der Waals surface area contributed by atoms with Crippen molar-refractivity contribution in [2.24, 2.45) is 0 Å². The molecule has 0 aliphatic carbocycles. The molecule has 0 radical (unpaired) electrons. The van der Waals surface area contributed by atoms with E-state index in [0.717, 1.165) is 6.42 Å². The predicted molar refractivity (Wildman–Crippen MR) is 99.9 cm³/mol. The highest BCUT2D eigenvalue weighted by Gasteiger charge is 2.45. The summed E-state index contributed by atoms with van der Waals surface area (Å²) in [6.07, 6.45) is 1.10. The second-order valence-electron chi connectivity index (χ2n) is 6.96. The van der Waals surface area contributed by atoms with Crippen molar-refractivity contribution >= 4 is 0 Å². The van der Waals surface area contributed by atoms with Crippen LogP contribution in [0.5, 0.6) is 0 Å². The molecule has 0 unspecified atom stereocenters. The molecule has 0 bridgehead atoms. The first-order chi connectivity index (χ1) is 11.8. The number of benzene rings is 3. The molecule has 3 aromatic rings. The fraction of sp³-hybridized carbons (Fsp3) is 0.217. The Morgan fingerprint density at radius 3 is 1.79 bits per heavy atom. The van der Waals surface area contributed by atoms with Crippen molar-refractivity contribution in [3.63, 3.8) is 0 Å². The van der Waals surface area contributed by atoms with Gasteiger partial charge in [-0.05, 0) is 23.1 Å². The zero-order chi connectivity index (χ0) is 16.4. The Morgan fingerprint density at radius 1 is 0.708 bits per heavy atom. The van der Waals surface area contributed by atoms with E-state index in [9.17, 15) is 0 Å². The number of nitrogens with one attached hydrogen (secondary N) is 1. The van der Waals surface area contributed by atoms with Crippen molar-refractivity contribution in [1.82, 2.24) is 5.32 Å². The lowest BCUT2D eigenvalue weighted by molar-refractivity contribution is 0.414. The van der Waals surface area contributed by atoms with Gasteiger partial charge in [-0.3, -0.25) is 0 Å². The lowest BCUT2D eigenvalue weighted by Crippen LogP contribution is -2.30. The first-order valence-corrected chi connectivity index (χ1v) is 8.69. The Kier molecular flexibility index (Phi) is 3.95. The number of hydrogen-bond acceptors (Lipinski definition) is 1. The maximum atomic E-state index is 3.91. The molecule has 1 heteroatoms. The van der Waals surface area contributed by atoms with Gasteiger partial charge in [0.25, 0.3) is 0 Å². The zero-order valence-corrected chi connectivity index (χ0v) is 14.0. The summed E-state index contributed by atoms with van der Waals surface area (Å²) in [5.74, 6) is 0. The van der Waals surface area contributed by atoms with E-state index in [1.807, 2.05) is 0 Å². The van der Waals surface area contributed by atoms with Crippen LogP contribution in [0.2, 0.25) is 0 Å². The molecule has 0 saturated carbocycles. The van der Waals surface area contributed by atoms with Crippen molar-refractivity contribution in [3.05, 3.63) is 108 Å². The van der Waals surface area contributed by atoms with Crippen LogP contribution in [0.3, 0.4) is 0 Å². The Labute approximate surface area is 144 Å². The molecule has 0 aromatic heterocycles. The Bertz CT molecular complexity index is 782. The normalized spacial score (nSPS) is 26.4. The third kappa shape index (κ3) is 2.65. The molecular weight excluding hydrogens is 290 g/mol. The highest BCUT2D eigenvalue weighted by Crippen LogP contribution is 2.49. The molecule has 1 N–H and O–H groups in total. The summed E-state index contributed by atoms with van der Waals surface area (Å²) in [5.41, 5.74) is 4.22. The minimum absolute atomic E-state index is 0.0725. The molecule has 0 amide bonds. The highest BCUT2D eigenvalue weighted by molar-refractivity contribution is 5.37. The van der Waals surface area contributed by atoms with Crippen LogP contribution in [0, 0.1) is 0 Å². The highest BCUT2D eigenvalue weighted by atomic mass is 15.0. The third-order valence-corrected chi connectivity index (χ3v) is 5.40. The lowest BCUT2D eigenvalue weighted by atomic mass is 9.73. The zero-order valence-electron chi connectivity index (χ0n) is 14.0. The van der Waals surface area contributed by atoms with Crippen molar-refractivity contribution in [3.8, 4) is 0 Å². The van der Waals surface area contributed by atoms with Gasteiger partial charge < -0.3 is 5.32 Å². The topological polar surface area (TPSA) is 12.0 Å². The van der Waals surface area contributed by atoms with Gasteiger partial charge in [-0.1, -0.05) is 97.9 Å². The van der Waals surface area contributed by atoms with E-state index < -0.39 is 0 Å². The fourth-order valence-corrected chi connectivity index (χ4v) is 4.10. The van der Waals surface area contributed by atoms with Crippen LogP contribution >= 0.6 is 0 Å². The largest absolute Gasteiger partial charge is 0.302 e. The molecule has 120 valence electrons. The smallest absolute Gasteiger partial charge is 0.0421 e. The van der Waals surface area contributed by atoms with Gasteiger partial charge in [0.2, 0.25) is 0 Å². The molecule has 4 rings (SSSR count). The van der Waals surface area contributed by atoms with Crippen LogP contribution in [-0.4, -0.2) is 0 Å². The number of rotatable bonds is 3. The van der Waals surface area contributed by atoms with Crippen LogP contribution in [0.4, 0.5) is 0 Å². The van der Waals surface area contributed by atoms with Crippen molar-refractivity contribution < 1.29 is 0 Å². The second-order valence-corrected chi connectivity index (χ2v) is 6.96. The van der Waals surface area contributed by atoms with Crippen LogP contribution in [0.15, 0.2) is 91.0 Å². The van der Waals surface area contributed by atoms with E-state index in [-0.39, 0.29) is 5.41 Å². The van der Waals surface area contributed by atoms with Crippen LogP contribution < -0.4 is 5.32 Å². The predicted octanol–water partition coefficient (Wildman–Crippen LogP) is 5.42. The maximum Gasteiger partial charge on any atom is 0.0421 e. The van der Waals surface area contributed by atoms with E-state index in [2.05, 4.69) is 103 Å². The van der Waals surface area contributed by atoms with Gasteiger partial charge in [-0.2, -0.15) is 0 Å². The molecule has 1 aliphatic rings. The molecular formula is C23H23N. The second kappa shape index (κ2) is 6.26. The molecule has 1 heterocycles. The van der Waals surface area contributed by atoms with Crippen molar-refractivity contribution in [1.29, 1.82) is 0 Å². The summed E-state index contributed by atoms with van der Waals surface area (Å²) < 4.78 is 0. The standard InChI is InChI=1S/C23H23N/c1-23(20-15-9-4-10-16-20)17-21(18-11-5-2-6-12-18)24-22(23)19-13-7-3-8-14-19/h2-16,21-22,24H,17H2,1H3/t21-,22-,23-/m1/s1. The molecule has 0 spiro atoms. The van der Waals surface area contributed by atoms with Crippen molar-refractivity contribution in [2.45, 2.75) is 30.8 Å². The summed E-state index contributed by atoms with van der Waals surface area (Å²) in [7, 11) is 0.